The van der Waals surface area contributed by atoms with Crippen molar-refractivity contribution >= 4 is 11.7 Å². The van der Waals surface area contributed by atoms with Crippen molar-refractivity contribution in [1.29, 1.82) is 0 Å². The summed E-state index contributed by atoms with van der Waals surface area (Å²) in [5, 5.41) is 2.99. The molecule has 196 valence electrons. The number of aryl methyl sites for hydroxylation is 1. The average Bonchev–Trinajstić information content (AvgIpc) is 2.95. The van der Waals surface area contributed by atoms with Crippen molar-refractivity contribution in [2.24, 2.45) is 0 Å². The Morgan fingerprint density at radius 1 is 1.13 bits per heavy atom. The Morgan fingerprint density at radius 3 is 2.79 bits per heavy atom. The van der Waals surface area contributed by atoms with Crippen LogP contribution in [0.15, 0.2) is 85.8 Å². The van der Waals surface area contributed by atoms with Crippen LogP contribution in [0.3, 0.4) is 0 Å². The first-order valence-electron chi connectivity index (χ1n) is 13.0. The molecule has 0 fully saturated rings. The maximum atomic E-state index is 13.3. The van der Waals surface area contributed by atoms with Gasteiger partial charge >= 0.3 is 0 Å². The maximum absolute atomic E-state index is 13.3. The molecular weight excluding hydrogens is 486 g/mol. The van der Waals surface area contributed by atoms with Gasteiger partial charge in [-0.15, -0.1) is 0 Å². The number of hydrogen-bond acceptors (Lipinski definition) is 6. The van der Waals surface area contributed by atoms with E-state index in [1.54, 1.807) is 18.6 Å². The van der Waals surface area contributed by atoms with Crippen molar-refractivity contribution in [1.82, 2.24) is 25.2 Å². The molecule has 0 saturated carbocycles. The van der Waals surface area contributed by atoms with Crippen molar-refractivity contribution in [2.45, 2.75) is 32.4 Å². The molecule has 2 aromatic heterocycles. The molecular formula is C32H31N5O2. The normalized spacial score (nSPS) is 14.9. The topological polar surface area (TPSA) is 88.1 Å². The van der Waals surface area contributed by atoms with Crippen LogP contribution in [-0.2, 0) is 24.2 Å². The molecule has 1 N–H and O–H groups in total. The molecule has 39 heavy (non-hydrogen) atoms. The number of carbonyl (C=O) groups is 2. The summed E-state index contributed by atoms with van der Waals surface area (Å²) in [6.07, 6.45) is 7.46. The molecule has 1 aliphatic rings. The standard InChI is InChI=1S/C32H31N5O2/c1-4-32(39)36-29-20-37(3)19-26-16-23(9-10-27(26)29)30(38)15-22-8-7-21(2)25(14-22)17-31-34-13-11-28(35-31)24-6-5-12-33-18-24/h4-14,16,18,29H,1,15,17,19-20H2,2-3H3,(H,36,39). The number of rotatable bonds is 8. The highest BCUT2D eigenvalue weighted by Crippen LogP contribution is 2.27. The van der Waals surface area contributed by atoms with E-state index >= 15 is 0 Å². The van der Waals surface area contributed by atoms with Crippen LogP contribution in [0, 0.1) is 6.92 Å². The third kappa shape index (κ3) is 6.16. The number of aromatic nitrogens is 3. The van der Waals surface area contributed by atoms with Crippen molar-refractivity contribution in [2.75, 3.05) is 13.6 Å². The van der Waals surface area contributed by atoms with Gasteiger partial charge in [0.15, 0.2) is 5.78 Å². The SMILES string of the molecule is C=CC(=O)NC1CN(C)Cc2cc(C(=O)Cc3ccc(C)c(Cc4nccc(-c5cccnc5)n4)c3)ccc21. The number of nitrogens with one attached hydrogen (secondary N) is 1. The van der Waals surface area contributed by atoms with E-state index in [1.165, 1.54) is 6.08 Å². The van der Waals surface area contributed by atoms with Gasteiger partial charge in [0.25, 0.3) is 0 Å². The highest BCUT2D eigenvalue weighted by Gasteiger charge is 2.25. The number of nitrogens with zero attached hydrogens (tertiary/aromatic N) is 4. The third-order valence-electron chi connectivity index (χ3n) is 7.07. The Labute approximate surface area is 228 Å². The number of Topliss-reactive ketones (excluding diaryl/α,β-unsaturated/α-hetero) is 1. The zero-order valence-corrected chi connectivity index (χ0v) is 22.2. The highest BCUT2D eigenvalue weighted by molar-refractivity contribution is 5.98. The number of likely N-dealkylation sites (N-methyl/N-ethyl adjacent to an activating group) is 1. The van der Waals surface area contributed by atoms with Gasteiger partial charge in [0.05, 0.1) is 11.7 Å². The monoisotopic (exact) mass is 517 g/mol. The van der Waals surface area contributed by atoms with Crippen molar-refractivity contribution in [3.63, 3.8) is 0 Å². The summed E-state index contributed by atoms with van der Waals surface area (Å²) in [7, 11) is 2.01. The zero-order chi connectivity index (χ0) is 27.4. The van der Waals surface area contributed by atoms with Crippen LogP contribution in [0.5, 0.6) is 0 Å². The lowest BCUT2D eigenvalue weighted by atomic mass is 9.91. The Kier molecular flexibility index (Phi) is 7.70. The van der Waals surface area contributed by atoms with Gasteiger partial charge < -0.3 is 5.32 Å². The number of pyridine rings is 1. The molecule has 1 aliphatic heterocycles. The predicted molar refractivity (Wildman–Crippen MR) is 151 cm³/mol. The lowest BCUT2D eigenvalue weighted by Gasteiger charge is -2.32. The molecule has 1 unspecified atom stereocenters. The van der Waals surface area contributed by atoms with Crippen molar-refractivity contribution < 1.29 is 9.59 Å². The molecule has 0 spiro atoms. The van der Waals surface area contributed by atoms with Gasteiger partial charge in [-0.2, -0.15) is 0 Å². The number of ketones is 1. The fourth-order valence-electron chi connectivity index (χ4n) is 5.02. The third-order valence-corrected chi connectivity index (χ3v) is 7.07. The van der Waals surface area contributed by atoms with Crippen LogP contribution in [0.25, 0.3) is 11.3 Å². The maximum Gasteiger partial charge on any atom is 0.243 e. The minimum absolute atomic E-state index is 0.0577. The van der Waals surface area contributed by atoms with E-state index in [-0.39, 0.29) is 17.7 Å². The van der Waals surface area contributed by atoms with Crippen LogP contribution in [0.2, 0.25) is 0 Å². The predicted octanol–water partition coefficient (Wildman–Crippen LogP) is 4.65. The second-order valence-electron chi connectivity index (χ2n) is 10.0. The number of fused-ring (bicyclic) bond motifs is 1. The molecule has 1 atom stereocenters. The van der Waals surface area contributed by atoms with E-state index in [0.717, 1.165) is 51.4 Å². The van der Waals surface area contributed by atoms with Crippen LogP contribution in [-0.4, -0.2) is 45.1 Å². The summed E-state index contributed by atoms with van der Waals surface area (Å²) in [5.74, 6) is 0.577. The molecule has 1 amide bonds. The zero-order valence-electron chi connectivity index (χ0n) is 22.2. The van der Waals surface area contributed by atoms with Gasteiger partial charge in [0, 0.05) is 55.6 Å². The number of carbonyl (C=O) groups excluding carboxylic acids is 2. The first kappa shape index (κ1) is 26.1. The van der Waals surface area contributed by atoms with E-state index in [1.807, 2.05) is 49.5 Å². The smallest absolute Gasteiger partial charge is 0.243 e. The molecule has 0 bridgehead atoms. The van der Waals surface area contributed by atoms with Gasteiger partial charge in [-0.3, -0.25) is 19.5 Å². The van der Waals surface area contributed by atoms with E-state index in [4.69, 9.17) is 4.98 Å². The molecule has 3 heterocycles. The van der Waals surface area contributed by atoms with Gasteiger partial charge in [0.2, 0.25) is 5.91 Å². The van der Waals surface area contributed by atoms with Gasteiger partial charge in [-0.25, -0.2) is 9.97 Å². The number of hydrogen-bond donors (Lipinski definition) is 1. The summed E-state index contributed by atoms with van der Waals surface area (Å²) in [6.45, 7) is 7.05. The molecule has 0 aliphatic carbocycles. The first-order chi connectivity index (χ1) is 18.9. The Balaban J connectivity index is 1.33. The van der Waals surface area contributed by atoms with Crippen molar-refractivity contribution in [3.05, 3.63) is 125 Å². The van der Waals surface area contributed by atoms with Gasteiger partial charge in [-0.05, 0) is 72.1 Å². The largest absolute Gasteiger partial charge is 0.344 e. The van der Waals surface area contributed by atoms with Gasteiger partial charge in [-0.1, -0.05) is 36.9 Å². The summed E-state index contributed by atoms with van der Waals surface area (Å²) in [4.78, 5) is 40.8. The summed E-state index contributed by atoms with van der Waals surface area (Å²) in [6, 6.07) is 17.6. The molecule has 0 radical (unpaired) electrons. The van der Waals surface area contributed by atoms with E-state index in [0.29, 0.717) is 24.9 Å². The van der Waals surface area contributed by atoms with Crippen LogP contribution < -0.4 is 5.32 Å². The lowest BCUT2D eigenvalue weighted by Crippen LogP contribution is -2.39. The van der Waals surface area contributed by atoms with Crippen molar-refractivity contribution in [3.8, 4) is 11.3 Å². The van der Waals surface area contributed by atoms with Gasteiger partial charge in [0.1, 0.15) is 5.82 Å². The van der Waals surface area contributed by atoms with E-state index < -0.39 is 0 Å². The first-order valence-corrected chi connectivity index (χ1v) is 13.0. The van der Waals surface area contributed by atoms with E-state index in [2.05, 4.69) is 45.8 Å². The van der Waals surface area contributed by atoms with Crippen LogP contribution in [0.1, 0.15) is 50.0 Å². The van der Waals surface area contributed by atoms with E-state index in [9.17, 15) is 9.59 Å². The van der Waals surface area contributed by atoms with Crippen LogP contribution in [0.4, 0.5) is 0 Å². The molecule has 4 aromatic rings. The summed E-state index contributed by atoms with van der Waals surface area (Å²) < 4.78 is 0. The number of benzene rings is 2. The van der Waals surface area contributed by atoms with Crippen LogP contribution >= 0.6 is 0 Å². The Hall–Kier alpha value is -4.49. The summed E-state index contributed by atoms with van der Waals surface area (Å²) in [5.41, 5.74) is 7.74. The average molecular weight is 518 g/mol. The fraction of sp³-hybridized carbons (Fsp3) is 0.219. The Morgan fingerprint density at radius 2 is 2.00 bits per heavy atom. The molecule has 0 saturated heterocycles. The number of amides is 1. The quantitative estimate of drug-likeness (QED) is 0.270. The highest BCUT2D eigenvalue weighted by atomic mass is 16.1. The molecule has 7 heteroatoms. The second-order valence-corrected chi connectivity index (χ2v) is 10.0. The minimum Gasteiger partial charge on any atom is -0.344 e. The fourth-order valence-corrected chi connectivity index (χ4v) is 5.02. The molecule has 5 rings (SSSR count). The second kappa shape index (κ2) is 11.5. The lowest BCUT2D eigenvalue weighted by molar-refractivity contribution is -0.117. The Bertz CT molecular complexity index is 1530. The molecule has 2 aromatic carbocycles. The summed E-state index contributed by atoms with van der Waals surface area (Å²) >= 11 is 0. The minimum atomic E-state index is -0.203. The molecule has 7 nitrogen and oxygen atoms in total.